The zero-order chi connectivity index (χ0) is 19.2. The van der Waals surface area contributed by atoms with Crippen LogP contribution in [-0.2, 0) is 11.3 Å². The van der Waals surface area contributed by atoms with Crippen LogP contribution in [0.1, 0.15) is 28.8 Å². The van der Waals surface area contributed by atoms with Gasteiger partial charge < -0.3 is 15.0 Å². The molecule has 0 radical (unpaired) electrons. The van der Waals surface area contributed by atoms with Crippen molar-refractivity contribution in [2.45, 2.75) is 25.4 Å². The van der Waals surface area contributed by atoms with E-state index in [4.69, 9.17) is 4.74 Å². The van der Waals surface area contributed by atoms with Crippen LogP contribution in [0.25, 0.3) is 0 Å². The third kappa shape index (κ3) is 4.61. The van der Waals surface area contributed by atoms with E-state index >= 15 is 0 Å². The average molecular weight is 394 g/mol. The van der Waals surface area contributed by atoms with Gasteiger partial charge in [-0.25, -0.2) is 4.98 Å². The van der Waals surface area contributed by atoms with E-state index in [0.717, 1.165) is 38.0 Å². The number of anilines is 1. The summed E-state index contributed by atoms with van der Waals surface area (Å²) in [5, 5.41) is 4.85. The Labute approximate surface area is 171 Å². The van der Waals surface area contributed by atoms with Crippen LogP contribution in [-0.4, -0.2) is 37.3 Å². The van der Waals surface area contributed by atoms with E-state index in [1.54, 1.807) is 11.3 Å². The Morgan fingerprint density at radius 2 is 1.61 bits per heavy atom. The summed E-state index contributed by atoms with van der Waals surface area (Å²) in [4.78, 5) is 8.22. The van der Waals surface area contributed by atoms with Crippen molar-refractivity contribution in [3.05, 3.63) is 82.9 Å². The molecular weight excluding hydrogens is 366 g/mol. The van der Waals surface area contributed by atoms with E-state index in [-0.39, 0.29) is 0 Å². The van der Waals surface area contributed by atoms with Crippen LogP contribution in [0.4, 0.5) is 5.13 Å². The molecule has 2 aromatic carbocycles. The third-order valence-corrected chi connectivity index (χ3v) is 6.30. The fourth-order valence-electron chi connectivity index (χ4n) is 3.75. The minimum Gasteiger partial charge on any atom is -0.378 e. The van der Waals surface area contributed by atoms with Crippen molar-refractivity contribution in [1.82, 2.24) is 10.3 Å². The van der Waals surface area contributed by atoms with Crippen molar-refractivity contribution in [1.29, 1.82) is 0 Å². The fourth-order valence-corrected chi connectivity index (χ4v) is 4.66. The number of morpholine rings is 1. The van der Waals surface area contributed by atoms with E-state index in [1.165, 1.54) is 16.0 Å². The molecule has 1 aromatic heterocycles. The molecule has 1 N–H and O–H groups in total. The van der Waals surface area contributed by atoms with Gasteiger partial charge in [0.05, 0.1) is 13.2 Å². The molecule has 1 fully saturated rings. The Balaban J connectivity index is 1.45. The SMILES string of the molecule is CC(NCc1cnc(N2CCOCC2)s1)C(c1ccccc1)c1ccccc1. The molecule has 4 nitrogen and oxygen atoms in total. The molecular formula is C23H27N3OS. The van der Waals surface area contributed by atoms with Crippen molar-refractivity contribution >= 4 is 16.5 Å². The van der Waals surface area contributed by atoms with Crippen LogP contribution < -0.4 is 10.2 Å². The Morgan fingerprint density at radius 3 is 2.21 bits per heavy atom. The lowest BCUT2D eigenvalue weighted by atomic mass is 9.86. The number of aromatic nitrogens is 1. The summed E-state index contributed by atoms with van der Waals surface area (Å²) >= 11 is 1.78. The summed E-state index contributed by atoms with van der Waals surface area (Å²) < 4.78 is 5.44. The highest BCUT2D eigenvalue weighted by atomic mass is 32.1. The van der Waals surface area contributed by atoms with Crippen molar-refractivity contribution in [3.8, 4) is 0 Å². The van der Waals surface area contributed by atoms with Gasteiger partial charge in [-0.2, -0.15) is 0 Å². The van der Waals surface area contributed by atoms with Crippen LogP contribution in [0.15, 0.2) is 66.9 Å². The van der Waals surface area contributed by atoms with Gasteiger partial charge in [0.2, 0.25) is 0 Å². The van der Waals surface area contributed by atoms with Crippen LogP contribution in [0, 0.1) is 0 Å². The second kappa shape index (κ2) is 9.32. The molecule has 1 saturated heterocycles. The van der Waals surface area contributed by atoms with Gasteiger partial charge in [0.15, 0.2) is 5.13 Å². The van der Waals surface area contributed by atoms with Gasteiger partial charge in [-0.05, 0) is 18.1 Å². The largest absolute Gasteiger partial charge is 0.378 e. The third-order valence-electron chi connectivity index (χ3n) is 5.24. The molecule has 0 amide bonds. The van der Waals surface area contributed by atoms with E-state index < -0.39 is 0 Å². The second-order valence-electron chi connectivity index (χ2n) is 7.18. The summed E-state index contributed by atoms with van der Waals surface area (Å²) in [5.41, 5.74) is 2.68. The van der Waals surface area contributed by atoms with Gasteiger partial charge in [0.1, 0.15) is 0 Å². The molecule has 2 heterocycles. The van der Waals surface area contributed by atoms with E-state index in [2.05, 4.69) is 82.8 Å². The smallest absolute Gasteiger partial charge is 0.185 e. The number of thiazole rings is 1. The summed E-state index contributed by atoms with van der Waals surface area (Å²) in [5.74, 6) is 0.314. The molecule has 0 spiro atoms. The van der Waals surface area contributed by atoms with E-state index in [1.807, 2.05) is 6.20 Å². The molecule has 5 heteroatoms. The molecule has 0 saturated carbocycles. The summed E-state index contributed by atoms with van der Waals surface area (Å²) in [7, 11) is 0. The van der Waals surface area contributed by atoms with Crippen LogP contribution in [0.5, 0.6) is 0 Å². The highest BCUT2D eigenvalue weighted by Crippen LogP contribution is 2.29. The van der Waals surface area contributed by atoms with Crippen molar-refractivity contribution < 1.29 is 4.74 Å². The molecule has 0 bridgehead atoms. The predicted octanol–water partition coefficient (Wildman–Crippen LogP) is 4.29. The first kappa shape index (κ1) is 19.1. The lowest BCUT2D eigenvalue weighted by Crippen LogP contribution is -2.36. The minimum atomic E-state index is 0.304. The molecule has 1 unspecified atom stereocenters. The maximum Gasteiger partial charge on any atom is 0.185 e. The Hall–Kier alpha value is -2.21. The Bertz CT molecular complexity index is 807. The van der Waals surface area contributed by atoms with Gasteiger partial charge in [0.25, 0.3) is 0 Å². The van der Waals surface area contributed by atoms with Gasteiger partial charge in [-0.15, -0.1) is 11.3 Å². The summed E-state index contributed by atoms with van der Waals surface area (Å²) in [6, 6.07) is 21.8. The van der Waals surface area contributed by atoms with Crippen LogP contribution in [0.2, 0.25) is 0 Å². The molecule has 1 atom stereocenters. The maximum absolute atomic E-state index is 5.44. The van der Waals surface area contributed by atoms with Crippen LogP contribution >= 0.6 is 11.3 Å². The lowest BCUT2D eigenvalue weighted by molar-refractivity contribution is 0.122. The average Bonchev–Trinajstić information content (AvgIpc) is 3.24. The number of hydrogen-bond donors (Lipinski definition) is 1. The molecule has 3 aromatic rings. The Morgan fingerprint density at radius 1 is 1.00 bits per heavy atom. The number of benzene rings is 2. The normalized spacial score (nSPS) is 15.7. The number of rotatable bonds is 7. The van der Waals surface area contributed by atoms with Crippen LogP contribution in [0.3, 0.4) is 0 Å². The second-order valence-corrected chi connectivity index (χ2v) is 8.27. The van der Waals surface area contributed by atoms with Crippen molar-refractivity contribution in [2.75, 3.05) is 31.2 Å². The standard InChI is InChI=1S/C23H27N3OS/c1-18(22(19-8-4-2-5-9-19)20-10-6-3-7-11-20)24-16-21-17-25-23(28-21)26-12-14-27-15-13-26/h2-11,17-18,22,24H,12-16H2,1H3. The minimum absolute atomic E-state index is 0.304. The summed E-state index contributed by atoms with van der Waals surface area (Å²) in [6.45, 7) is 6.55. The first-order valence-electron chi connectivity index (χ1n) is 9.92. The quantitative estimate of drug-likeness (QED) is 0.650. The van der Waals surface area contributed by atoms with Crippen molar-refractivity contribution in [2.24, 2.45) is 0 Å². The zero-order valence-corrected chi connectivity index (χ0v) is 17.1. The lowest BCUT2D eigenvalue weighted by Gasteiger charge is -2.26. The monoisotopic (exact) mass is 393 g/mol. The summed E-state index contributed by atoms with van der Waals surface area (Å²) in [6.07, 6.45) is 2.01. The van der Waals surface area contributed by atoms with Gasteiger partial charge in [-0.3, -0.25) is 0 Å². The first-order chi connectivity index (χ1) is 13.8. The highest BCUT2D eigenvalue weighted by Gasteiger charge is 2.21. The number of nitrogens with one attached hydrogen (secondary N) is 1. The first-order valence-corrected chi connectivity index (χ1v) is 10.7. The highest BCUT2D eigenvalue weighted by molar-refractivity contribution is 7.15. The zero-order valence-electron chi connectivity index (χ0n) is 16.3. The fraction of sp³-hybridized carbons (Fsp3) is 0.348. The predicted molar refractivity (Wildman–Crippen MR) is 116 cm³/mol. The molecule has 1 aliphatic rings. The van der Waals surface area contributed by atoms with Crippen molar-refractivity contribution in [3.63, 3.8) is 0 Å². The number of hydrogen-bond acceptors (Lipinski definition) is 5. The van der Waals surface area contributed by atoms with Gasteiger partial charge in [0, 0.05) is 42.7 Å². The molecule has 146 valence electrons. The van der Waals surface area contributed by atoms with E-state index in [0.29, 0.717) is 12.0 Å². The molecule has 28 heavy (non-hydrogen) atoms. The Kier molecular flexibility index (Phi) is 6.37. The topological polar surface area (TPSA) is 37.4 Å². The van der Waals surface area contributed by atoms with Gasteiger partial charge in [-0.1, -0.05) is 60.7 Å². The number of nitrogens with zero attached hydrogens (tertiary/aromatic N) is 2. The molecule has 1 aliphatic heterocycles. The van der Waals surface area contributed by atoms with Gasteiger partial charge >= 0.3 is 0 Å². The number of ether oxygens (including phenoxy) is 1. The van der Waals surface area contributed by atoms with E-state index in [9.17, 15) is 0 Å². The molecule has 4 rings (SSSR count). The molecule has 0 aliphatic carbocycles. The maximum atomic E-state index is 5.44.